The summed E-state index contributed by atoms with van der Waals surface area (Å²) >= 11 is 0. The standard InChI is InChI=1S/C79H154NO8P/c1-6-8-10-12-14-16-18-20-22-24-26-28-30-32-34-36-38-40-42-44-46-48-50-52-54-56-58-60-62-64-66-68-70-72-79(82)88-77(76-87-89(83,84)86-74-73-80(3,4)5)75-85-78(81)71-69-67-65-63-61-59-57-55-53-51-49-47-45-43-41-39-37-35-33-31-29-27-25-23-21-19-17-15-13-11-9-7-2/h18,20,24,26,77H,6-17,19,21-23,25,27-76H2,1-5H3/b20-18-,26-24-. The van der Waals surface area contributed by atoms with Crippen LogP contribution >= 0.6 is 7.82 Å². The average molecular weight is 1280 g/mol. The molecule has 0 aliphatic heterocycles. The van der Waals surface area contributed by atoms with E-state index in [1.165, 1.54) is 347 Å². The number of likely N-dealkylation sites (N-methyl/N-ethyl adjacent to an activating group) is 1. The van der Waals surface area contributed by atoms with E-state index in [1.807, 2.05) is 21.1 Å². The van der Waals surface area contributed by atoms with Gasteiger partial charge < -0.3 is 27.9 Å². The van der Waals surface area contributed by atoms with Gasteiger partial charge in [0, 0.05) is 12.8 Å². The molecular weight excluding hydrogens is 1120 g/mol. The fraction of sp³-hybridized carbons (Fsp3) is 0.924. The summed E-state index contributed by atoms with van der Waals surface area (Å²) in [5.41, 5.74) is 0. The summed E-state index contributed by atoms with van der Waals surface area (Å²) in [5.74, 6) is -0.805. The Balaban J connectivity index is 3.91. The SMILES string of the molecule is CCCCCCC/C=C\C/C=C\CCCCCCCCCCCCCCCCCCCCCCCC(=O)OC(COC(=O)CCCCCCCCCCCCCCCCCCCCCCCCCCCCCCCCCC)COP(=O)([O-])OCC[N+](C)(C)C. The molecule has 0 saturated carbocycles. The van der Waals surface area contributed by atoms with Crippen molar-refractivity contribution < 1.29 is 42.1 Å². The molecule has 0 aliphatic rings. The van der Waals surface area contributed by atoms with Crippen molar-refractivity contribution in [1.82, 2.24) is 0 Å². The van der Waals surface area contributed by atoms with Gasteiger partial charge in [0.2, 0.25) is 0 Å². The van der Waals surface area contributed by atoms with E-state index in [0.717, 1.165) is 38.5 Å². The van der Waals surface area contributed by atoms with Gasteiger partial charge in [-0.1, -0.05) is 385 Å². The van der Waals surface area contributed by atoms with Crippen LogP contribution in [0.5, 0.6) is 0 Å². The fourth-order valence-corrected chi connectivity index (χ4v) is 12.9. The van der Waals surface area contributed by atoms with Crippen molar-refractivity contribution in [2.24, 2.45) is 0 Å². The molecule has 0 aromatic rings. The van der Waals surface area contributed by atoms with Crippen molar-refractivity contribution in [1.29, 1.82) is 0 Å². The Hall–Kier alpha value is -1.51. The van der Waals surface area contributed by atoms with Gasteiger partial charge >= 0.3 is 11.9 Å². The molecule has 0 amide bonds. The lowest BCUT2D eigenvalue weighted by Gasteiger charge is -2.28. The van der Waals surface area contributed by atoms with Crippen molar-refractivity contribution >= 4 is 19.8 Å². The Morgan fingerprint density at radius 2 is 0.607 bits per heavy atom. The molecule has 10 heteroatoms. The van der Waals surface area contributed by atoms with Gasteiger partial charge in [-0.2, -0.15) is 0 Å². The molecule has 0 heterocycles. The third-order valence-electron chi connectivity index (χ3n) is 18.2. The highest BCUT2D eigenvalue weighted by Gasteiger charge is 2.22. The molecule has 89 heavy (non-hydrogen) atoms. The number of phosphoric ester groups is 1. The molecule has 0 N–H and O–H groups in total. The van der Waals surface area contributed by atoms with E-state index in [2.05, 4.69) is 38.2 Å². The number of esters is 2. The highest BCUT2D eigenvalue weighted by atomic mass is 31.2. The number of quaternary nitrogens is 1. The first-order valence-electron chi connectivity index (χ1n) is 39.5. The Morgan fingerprint density at radius 3 is 0.888 bits per heavy atom. The summed E-state index contributed by atoms with van der Waals surface area (Å²) in [4.78, 5) is 38.2. The summed E-state index contributed by atoms with van der Waals surface area (Å²) in [6.07, 6.45) is 90.2. The van der Waals surface area contributed by atoms with Crippen LogP contribution in [0.3, 0.4) is 0 Å². The zero-order valence-corrected chi connectivity index (χ0v) is 61.3. The van der Waals surface area contributed by atoms with Crippen molar-refractivity contribution in [3.63, 3.8) is 0 Å². The number of allylic oxidation sites excluding steroid dienone is 4. The number of carbonyl (C=O) groups excluding carboxylic acids is 2. The summed E-state index contributed by atoms with van der Waals surface area (Å²) in [7, 11) is 1.19. The van der Waals surface area contributed by atoms with Crippen molar-refractivity contribution in [3.05, 3.63) is 24.3 Å². The number of hydrogen-bond acceptors (Lipinski definition) is 8. The first-order valence-corrected chi connectivity index (χ1v) is 41.0. The Labute approximate surface area is 555 Å². The van der Waals surface area contributed by atoms with Crippen LogP contribution in [0.2, 0.25) is 0 Å². The third kappa shape index (κ3) is 75.4. The van der Waals surface area contributed by atoms with Gasteiger partial charge in [-0.05, 0) is 44.9 Å². The van der Waals surface area contributed by atoms with Gasteiger partial charge in [-0.15, -0.1) is 0 Å². The molecule has 0 bridgehead atoms. The minimum Gasteiger partial charge on any atom is -0.756 e. The highest BCUT2D eigenvalue weighted by molar-refractivity contribution is 7.45. The molecule has 0 aliphatic carbocycles. The third-order valence-corrected chi connectivity index (χ3v) is 19.2. The van der Waals surface area contributed by atoms with Crippen LogP contribution in [0.25, 0.3) is 0 Å². The maximum absolute atomic E-state index is 12.9. The topological polar surface area (TPSA) is 111 Å². The molecule has 0 spiro atoms. The van der Waals surface area contributed by atoms with E-state index in [9.17, 15) is 19.0 Å². The summed E-state index contributed by atoms with van der Waals surface area (Å²) in [6.45, 7) is 4.32. The van der Waals surface area contributed by atoms with Crippen LogP contribution in [0, 0.1) is 0 Å². The second-order valence-electron chi connectivity index (χ2n) is 28.4. The van der Waals surface area contributed by atoms with Gasteiger partial charge in [-0.25, -0.2) is 0 Å². The van der Waals surface area contributed by atoms with Crippen molar-refractivity contribution in [2.75, 3.05) is 47.5 Å². The lowest BCUT2D eigenvalue weighted by atomic mass is 10.0. The number of phosphoric acid groups is 1. The quantitative estimate of drug-likeness (QED) is 0.0195. The first kappa shape index (κ1) is 87.5. The van der Waals surface area contributed by atoms with E-state index >= 15 is 0 Å². The van der Waals surface area contributed by atoms with Gasteiger partial charge in [0.05, 0.1) is 27.7 Å². The van der Waals surface area contributed by atoms with Gasteiger partial charge in [-0.3, -0.25) is 14.2 Å². The summed E-state index contributed by atoms with van der Waals surface area (Å²) in [5, 5.41) is 0. The minimum atomic E-state index is -4.64. The molecule has 0 aromatic heterocycles. The van der Waals surface area contributed by atoms with E-state index in [4.69, 9.17) is 18.5 Å². The van der Waals surface area contributed by atoms with E-state index < -0.39 is 26.5 Å². The molecule has 0 fully saturated rings. The van der Waals surface area contributed by atoms with E-state index in [1.54, 1.807) is 0 Å². The van der Waals surface area contributed by atoms with Crippen molar-refractivity contribution in [3.8, 4) is 0 Å². The maximum atomic E-state index is 12.9. The monoisotopic (exact) mass is 1280 g/mol. The summed E-state index contributed by atoms with van der Waals surface area (Å²) in [6, 6.07) is 0. The Kier molecular flexibility index (Phi) is 69.6. The van der Waals surface area contributed by atoms with Crippen molar-refractivity contribution in [2.45, 2.75) is 424 Å². The number of hydrogen-bond donors (Lipinski definition) is 0. The largest absolute Gasteiger partial charge is 0.756 e. The number of nitrogens with zero attached hydrogens (tertiary/aromatic N) is 1. The van der Waals surface area contributed by atoms with Crippen LogP contribution in [-0.4, -0.2) is 70.0 Å². The molecule has 9 nitrogen and oxygen atoms in total. The number of ether oxygens (including phenoxy) is 2. The van der Waals surface area contributed by atoms with Crippen LogP contribution < -0.4 is 4.89 Å². The molecule has 0 radical (unpaired) electrons. The lowest BCUT2D eigenvalue weighted by molar-refractivity contribution is -0.870. The van der Waals surface area contributed by atoms with E-state index in [-0.39, 0.29) is 32.0 Å². The smallest absolute Gasteiger partial charge is 0.306 e. The van der Waals surface area contributed by atoms with E-state index in [0.29, 0.717) is 17.4 Å². The lowest BCUT2D eigenvalue weighted by Crippen LogP contribution is -2.37. The predicted octanol–water partition coefficient (Wildman–Crippen LogP) is 25.4. The fourth-order valence-electron chi connectivity index (χ4n) is 12.2. The molecular formula is C79H154NO8P. The molecule has 0 saturated heterocycles. The zero-order valence-electron chi connectivity index (χ0n) is 60.4. The van der Waals surface area contributed by atoms with Crippen LogP contribution in [0.4, 0.5) is 0 Å². The molecule has 528 valence electrons. The van der Waals surface area contributed by atoms with Crippen LogP contribution in [0.15, 0.2) is 24.3 Å². The van der Waals surface area contributed by atoms with Crippen LogP contribution in [0.1, 0.15) is 418 Å². The normalized spacial score (nSPS) is 13.1. The first-order chi connectivity index (χ1) is 43.5. The molecule has 2 atom stereocenters. The number of unbranched alkanes of at least 4 members (excludes halogenated alkanes) is 57. The summed E-state index contributed by atoms with van der Waals surface area (Å²) < 4.78 is 34.4. The number of carbonyl (C=O) groups is 2. The molecule has 2 unspecified atom stereocenters. The second-order valence-corrected chi connectivity index (χ2v) is 29.9. The second kappa shape index (κ2) is 70.8. The Morgan fingerprint density at radius 1 is 0.348 bits per heavy atom. The highest BCUT2D eigenvalue weighted by Crippen LogP contribution is 2.38. The van der Waals surface area contributed by atoms with Gasteiger partial charge in [0.25, 0.3) is 7.82 Å². The Bertz CT molecular complexity index is 1550. The predicted molar refractivity (Wildman–Crippen MR) is 384 cm³/mol. The average Bonchev–Trinajstić information content (AvgIpc) is 3.60. The maximum Gasteiger partial charge on any atom is 0.306 e. The molecule has 0 aromatic carbocycles. The van der Waals surface area contributed by atoms with Gasteiger partial charge in [0.15, 0.2) is 6.10 Å². The molecule has 0 rings (SSSR count). The van der Waals surface area contributed by atoms with Gasteiger partial charge in [0.1, 0.15) is 19.8 Å². The van der Waals surface area contributed by atoms with Crippen LogP contribution in [-0.2, 0) is 32.7 Å². The zero-order chi connectivity index (χ0) is 64.8. The minimum absolute atomic E-state index is 0.0264. The number of rotatable bonds is 75.